The zero-order valence-corrected chi connectivity index (χ0v) is 11.8. The Morgan fingerprint density at radius 1 is 1.35 bits per heavy atom. The lowest BCUT2D eigenvalue weighted by atomic mass is 10.1. The van der Waals surface area contributed by atoms with Gasteiger partial charge in [0.15, 0.2) is 0 Å². The molecule has 0 N–H and O–H groups in total. The topological polar surface area (TPSA) is 48.4 Å². The number of carbonyl (C=O) groups excluding carboxylic acids is 1. The highest BCUT2D eigenvalue weighted by atomic mass is 16.5. The molecule has 0 spiro atoms. The molecule has 2 rings (SSSR count). The lowest BCUT2D eigenvalue weighted by Crippen LogP contribution is -2.07. The van der Waals surface area contributed by atoms with E-state index in [4.69, 9.17) is 9.47 Å². The van der Waals surface area contributed by atoms with E-state index in [1.165, 1.54) is 0 Å². The first-order valence-electron chi connectivity index (χ1n) is 6.48. The minimum atomic E-state index is -0.407. The largest absolute Gasteiger partial charge is 0.497 e. The zero-order valence-electron chi connectivity index (χ0n) is 11.8. The summed E-state index contributed by atoms with van der Waals surface area (Å²) in [5, 5.41) is 0.940. The van der Waals surface area contributed by atoms with Crippen molar-refractivity contribution in [2.75, 3.05) is 13.7 Å². The van der Waals surface area contributed by atoms with Crippen molar-refractivity contribution in [3.8, 4) is 5.75 Å². The molecule has 0 fully saturated rings. The highest BCUT2D eigenvalue weighted by Crippen LogP contribution is 2.25. The Balaban J connectivity index is 2.63. The van der Waals surface area contributed by atoms with Gasteiger partial charge in [0.05, 0.1) is 19.2 Å². The molecule has 104 valence electrons. The van der Waals surface area contributed by atoms with Crippen molar-refractivity contribution in [2.45, 2.75) is 13.8 Å². The van der Waals surface area contributed by atoms with Crippen molar-refractivity contribution in [1.82, 2.24) is 4.98 Å². The van der Waals surface area contributed by atoms with E-state index in [-0.39, 0.29) is 0 Å². The van der Waals surface area contributed by atoms with Crippen LogP contribution in [-0.4, -0.2) is 24.7 Å². The Morgan fingerprint density at radius 3 is 2.80 bits per heavy atom. The Bertz CT molecular complexity index is 662. The first-order chi connectivity index (χ1) is 9.69. The van der Waals surface area contributed by atoms with Gasteiger partial charge < -0.3 is 9.47 Å². The molecule has 1 aromatic carbocycles. The van der Waals surface area contributed by atoms with Gasteiger partial charge in [-0.2, -0.15) is 0 Å². The van der Waals surface area contributed by atoms with Crippen molar-refractivity contribution in [1.29, 1.82) is 0 Å². The molecule has 0 aliphatic carbocycles. The Hall–Kier alpha value is -2.36. The molecule has 0 amide bonds. The third-order valence-corrected chi connectivity index (χ3v) is 2.88. The minimum Gasteiger partial charge on any atom is -0.497 e. The van der Waals surface area contributed by atoms with E-state index in [9.17, 15) is 4.79 Å². The average molecular weight is 271 g/mol. The molecule has 0 unspecified atom stereocenters. The van der Waals surface area contributed by atoms with Gasteiger partial charge in [-0.25, -0.2) is 9.78 Å². The molecule has 0 aliphatic heterocycles. The van der Waals surface area contributed by atoms with Gasteiger partial charge >= 0.3 is 5.97 Å². The van der Waals surface area contributed by atoms with Gasteiger partial charge in [-0.15, -0.1) is 0 Å². The first kappa shape index (κ1) is 14.1. The van der Waals surface area contributed by atoms with E-state index in [0.29, 0.717) is 12.3 Å². The van der Waals surface area contributed by atoms with Crippen LogP contribution in [0.2, 0.25) is 0 Å². The zero-order chi connectivity index (χ0) is 14.5. The summed E-state index contributed by atoms with van der Waals surface area (Å²) in [5.41, 5.74) is 1.97. The summed E-state index contributed by atoms with van der Waals surface area (Å²) in [6, 6.07) is 7.31. The molecule has 2 aromatic rings. The Kier molecular flexibility index (Phi) is 4.35. The van der Waals surface area contributed by atoms with E-state index < -0.39 is 5.97 Å². The Labute approximate surface area is 118 Å². The maximum Gasteiger partial charge on any atom is 0.356 e. The SMILES string of the molecule is C/C=C/c1cc(C(=O)OCC)nc2ccc(OC)cc12. The monoisotopic (exact) mass is 271 g/mol. The number of benzene rings is 1. The molecule has 0 bridgehead atoms. The van der Waals surface area contributed by atoms with Gasteiger partial charge in [0, 0.05) is 5.39 Å². The third-order valence-electron chi connectivity index (χ3n) is 2.88. The van der Waals surface area contributed by atoms with Crippen molar-refractivity contribution < 1.29 is 14.3 Å². The van der Waals surface area contributed by atoms with Crippen LogP contribution in [0.25, 0.3) is 17.0 Å². The van der Waals surface area contributed by atoms with Gasteiger partial charge in [-0.1, -0.05) is 12.2 Å². The molecule has 1 heterocycles. The van der Waals surface area contributed by atoms with E-state index in [1.807, 2.05) is 37.3 Å². The number of carbonyl (C=O) groups is 1. The van der Waals surface area contributed by atoms with Crippen molar-refractivity contribution in [2.24, 2.45) is 0 Å². The molecule has 4 heteroatoms. The summed E-state index contributed by atoms with van der Waals surface area (Å²) >= 11 is 0. The van der Waals surface area contributed by atoms with Crippen LogP contribution in [0, 0.1) is 0 Å². The molecule has 0 radical (unpaired) electrons. The fourth-order valence-electron chi connectivity index (χ4n) is 1.98. The highest BCUT2D eigenvalue weighted by Gasteiger charge is 2.12. The fraction of sp³-hybridized carbons (Fsp3) is 0.250. The summed E-state index contributed by atoms with van der Waals surface area (Å²) in [6.45, 7) is 4.03. The van der Waals surface area contributed by atoms with Gasteiger partial charge in [0.25, 0.3) is 0 Å². The van der Waals surface area contributed by atoms with Crippen LogP contribution in [0.5, 0.6) is 5.75 Å². The minimum absolute atomic E-state index is 0.317. The van der Waals surface area contributed by atoms with E-state index in [0.717, 1.165) is 22.2 Å². The number of methoxy groups -OCH3 is 1. The normalized spacial score (nSPS) is 10.9. The fourth-order valence-corrected chi connectivity index (χ4v) is 1.98. The van der Waals surface area contributed by atoms with E-state index in [1.54, 1.807) is 20.1 Å². The first-order valence-corrected chi connectivity index (χ1v) is 6.48. The number of hydrogen-bond donors (Lipinski definition) is 0. The van der Waals surface area contributed by atoms with Crippen LogP contribution in [0.15, 0.2) is 30.3 Å². The summed E-state index contributed by atoms with van der Waals surface area (Å²) in [7, 11) is 1.62. The van der Waals surface area contributed by atoms with Crippen molar-refractivity contribution in [3.05, 3.63) is 41.6 Å². The van der Waals surface area contributed by atoms with Crippen LogP contribution in [0.3, 0.4) is 0 Å². The Morgan fingerprint density at radius 2 is 2.15 bits per heavy atom. The molecular weight excluding hydrogens is 254 g/mol. The predicted octanol–water partition coefficient (Wildman–Crippen LogP) is 3.45. The maximum atomic E-state index is 11.8. The van der Waals surface area contributed by atoms with E-state index in [2.05, 4.69) is 4.98 Å². The standard InChI is InChI=1S/C16H17NO3/c1-4-6-11-9-15(16(18)20-5-2)17-14-8-7-12(19-3)10-13(11)14/h4,6-10H,5H2,1-3H3/b6-4+. The highest BCUT2D eigenvalue weighted by molar-refractivity contribution is 5.95. The number of allylic oxidation sites excluding steroid dienone is 1. The van der Waals surface area contributed by atoms with Crippen LogP contribution in [-0.2, 0) is 4.74 Å². The molecule has 20 heavy (non-hydrogen) atoms. The number of pyridine rings is 1. The number of aromatic nitrogens is 1. The summed E-state index contributed by atoms with van der Waals surface area (Å²) in [5.74, 6) is 0.352. The molecule has 4 nitrogen and oxygen atoms in total. The number of hydrogen-bond acceptors (Lipinski definition) is 4. The molecule has 1 aromatic heterocycles. The smallest absolute Gasteiger partial charge is 0.356 e. The lowest BCUT2D eigenvalue weighted by molar-refractivity contribution is 0.0520. The molecule has 0 aliphatic rings. The summed E-state index contributed by atoms with van der Waals surface area (Å²) in [6.07, 6.45) is 3.86. The second-order valence-corrected chi connectivity index (χ2v) is 4.20. The van der Waals surface area contributed by atoms with Gasteiger partial charge in [0.2, 0.25) is 0 Å². The summed E-state index contributed by atoms with van der Waals surface area (Å²) < 4.78 is 10.2. The lowest BCUT2D eigenvalue weighted by Gasteiger charge is -2.08. The number of ether oxygens (including phenoxy) is 2. The molecule has 0 saturated carbocycles. The van der Waals surface area contributed by atoms with Crippen LogP contribution >= 0.6 is 0 Å². The van der Waals surface area contributed by atoms with Gasteiger partial charge in [-0.05, 0) is 43.7 Å². The number of nitrogens with zero attached hydrogens (tertiary/aromatic N) is 1. The molecular formula is C16H17NO3. The third kappa shape index (κ3) is 2.79. The summed E-state index contributed by atoms with van der Waals surface area (Å²) in [4.78, 5) is 16.2. The van der Waals surface area contributed by atoms with Crippen LogP contribution in [0.4, 0.5) is 0 Å². The van der Waals surface area contributed by atoms with Gasteiger partial charge in [-0.3, -0.25) is 0 Å². The van der Waals surface area contributed by atoms with Gasteiger partial charge in [0.1, 0.15) is 11.4 Å². The second kappa shape index (κ2) is 6.19. The number of rotatable bonds is 4. The maximum absolute atomic E-state index is 11.8. The van der Waals surface area contributed by atoms with Crippen molar-refractivity contribution in [3.63, 3.8) is 0 Å². The average Bonchev–Trinajstić information content (AvgIpc) is 2.47. The van der Waals surface area contributed by atoms with Crippen LogP contribution in [0.1, 0.15) is 29.9 Å². The van der Waals surface area contributed by atoms with Crippen molar-refractivity contribution >= 4 is 22.9 Å². The quantitative estimate of drug-likeness (QED) is 0.799. The number of esters is 1. The predicted molar refractivity (Wildman–Crippen MR) is 79.0 cm³/mol. The van der Waals surface area contributed by atoms with Crippen LogP contribution < -0.4 is 4.74 Å². The second-order valence-electron chi connectivity index (χ2n) is 4.20. The van der Waals surface area contributed by atoms with E-state index >= 15 is 0 Å². The molecule has 0 saturated heterocycles. The number of fused-ring (bicyclic) bond motifs is 1. The molecule has 0 atom stereocenters.